The molecule has 6 heteroatoms. The lowest BCUT2D eigenvalue weighted by Crippen LogP contribution is -2.31. The molecule has 3 nitrogen and oxygen atoms in total. The normalized spacial score (nSPS) is 11.8. The van der Waals surface area contributed by atoms with Crippen LogP contribution in [0.3, 0.4) is 0 Å². The molecule has 1 aromatic heterocycles. The molecule has 0 aliphatic carbocycles. The highest BCUT2D eigenvalue weighted by Gasteiger charge is 2.14. The summed E-state index contributed by atoms with van der Waals surface area (Å²) in [6.45, 7) is 1.80. The summed E-state index contributed by atoms with van der Waals surface area (Å²) in [4.78, 5) is 5.78. The van der Waals surface area contributed by atoms with Gasteiger partial charge in [0.25, 0.3) is 6.43 Å². The lowest BCUT2D eigenvalue weighted by Gasteiger charge is -2.21. The number of aryl methyl sites for hydroxylation is 1. The van der Waals surface area contributed by atoms with E-state index in [1.165, 1.54) is 4.90 Å². The first-order valence-electron chi connectivity index (χ1n) is 6.66. The summed E-state index contributed by atoms with van der Waals surface area (Å²) in [6, 6.07) is 7.68. The zero-order chi connectivity index (χ0) is 15.4. The number of alkyl halides is 2. The van der Waals surface area contributed by atoms with Crippen molar-refractivity contribution < 1.29 is 13.9 Å². The van der Waals surface area contributed by atoms with Gasteiger partial charge in [-0.2, -0.15) is 0 Å². The molecule has 0 fully saturated rings. The molecule has 0 radical (unpaired) electrons. The minimum atomic E-state index is -2.45. The monoisotopic (exact) mass is 314 g/mol. The van der Waals surface area contributed by atoms with E-state index in [0.717, 1.165) is 16.5 Å². The molecule has 2 aromatic rings. The highest BCUT2D eigenvalue weighted by atomic mass is 35.5. The van der Waals surface area contributed by atoms with Crippen LogP contribution in [0.5, 0.6) is 0 Å². The molecule has 2 rings (SSSR count). The minimum absolute atomic E-state index is 0.173. The van der Waals surface area contributed by atoms with Crippen LogP contribution in [0, 0.1) is 6.92 Å². The number of halogens is 3. The first-order chi connectivity index (χ1) is 9.99. The molecule has 0 spiro atoms. The van der Waals surface area contributed by atoms with Gasteiger partial charge in [-0.15, -0.1) is 0 Å². The van der Waals surface area contributed by atoms with Crippen molar-refractivity contribution in [2.75, 3.05) is 19.7 Å². The third-order valence-electron chi connectivity index (χ3n) is 3.21. The van der Waals surface area contributed by atoms with Crippen LogP contribution < -0.4 is 0 Å². The van der Waals surface area contributed by atoms with Gasteiger partial charge in [0.2, 0.25) is 0 Å². The van der Waals surface area contributed by atoms with E-state index in [2.05, 4.69) is 4.98 Å². The number of nitrogens with zero attached hydrogens (tertiary/aromatic N) is 2. The number of benzene rings is 1. The van der Waals surface area contributed by atoms with Crippen molar-refractivity contribution in [2.24, 2.45) is 0 Å². The van der Waals surface area contributed by atoms with Crippen LogP contribution in [0.15, 0.2) is 24.3 Å². The van der Waals surface area contributed by atoms with E-state index in [1.54, 1.807) is 0 Å². The van der Waals surface area contributed by atoms with Gasteiger partial charge in [0.05, 0.1) is 18.7 Å². The van der Waals surface area contributed by atoms with Gasteiger partial charge in [0.15, 0.2) is 0 Å². The number of hydrogen-bond donors (Lipinski definition) is 1. The highest BCUT2D eigenvalue weighted by Crippen LogP contribution is 2.23. The van der Waals surface area contributed by atoms with Gasteiger partial charge in [-0.05, 0) is 24.6 Å². The second-order valence-corrected chi connectivity index (χ2v) is 5.34. The van der Waals surface area contributed by atoms with Gasteiger partial charge in [-0.1, -0.05) is 23.7 Å². The summed E-state index contributed by atoms with van der Waals surface area (Å²) >= 11 is 6.15. The van der Waals surface area contributed by atoms with Crippen LogP contribution in [0.25, 0.3) is 10.9 Å². The Kier molecular flexibility index (Phi) is 5.45. The fourth-order valence-corrected chi connectivity index (χ4v) is 2.43. The van der Waals surface area contributed by atoms with Crippen molar-refractivity contribution in [3.63, 3.8) is 0 Å². The van der Waals surface area contributed by atoms with E-state index in [1.807, 2.05) is 31.2 Å². The molecule has 0 aliphatic heterocycles. The number of fused-ring (bicyclic) bond motifs is 1. The van der Waals surface area contributed by atoms with Crippen LogP contribution >= 0.6 is 11.6 Å². The quantitative estimate of drug-likeness (QED) is 0.831. The zero-order valence-electron chi connectivity index (χ0n) is 11.7. The Morgan fingerprint density at radius 1 is 1.33 bits per heavy atom. The first kappa shape index (κ1) is 16.1. The number of aromatic nitrogens is 1. The lowest BCUT2D eigenvalue weighted by atomic mass is 10.1. The number of hydrogen-bond acceptors (Lipinski definition) is 3. The molecule has 0 atom stereocenters. The van der Waals surface area contributed by atoms with Crippen LogP contribution in [-0.4, -0.2) is 41.1 Å². The number of rotatable bonds is 6. The van der Waals surface area contributed by atoms with Gasteiger partial charge in [0.1, 0.15) is 5.15 Å². The minimum Gasteiger partial charge on any atom is -0.395 e. The maximum absolute atomic E-state index is 12.5. The van der Waals surface area contributed by atoms with Crippen molar-refractivity contribution in [1.82, 2.24) is 9.88 Å². The van der Waals surface area contributed by atoms with E-state index in [4.69, 9.17) is 16.7 Å². The molecule has 114 valence electrons. The molecule has 21 heavy (non-hydrogen) atoms. The molecule has 0 amide bonds. The molecule has 1 aromatic carbocycles. The fraction of sp³-hybridized carbons (Fsp3) is 0.400. The summed E-state index contributed by atoms with van der Waals surface area (Å²) in [7, 11) is 0. The average molecular weight is 315 g/mol. The van der Waals surface area contributed by atoms with Crippen LogP contribution in [0.4, 0.5) is 8.78 Å². The van der Waals surface area contributed by atoms with E-state index in [-0.39, 0.29) is 19.7 Å². The molecule has 0 saturated heterocycles. The molecule has 0 aliphatic rings. The van der Waals surface area contributed by atoms with Gasteiger partial charge >= 0.3 is 0 Å². The second kappa shape index (κ2) is 7.11. The Morgan fingerprint density at radius 2 is 2.10 bits per heavy atom. The Balaban J connectivity index is 2.27. The van der Waals surface area contributed by atoms with Crippen molar-refractivity contribution in [2.45, 2.75) is 19.9 Å². The standard InChI is InChI=1S/C15H17ClF2N2O/c1-10-2-3-11-7-12(15(16)19-13(11)6-10)8-20(4-5-21)9-14(17)18/h2-3,6-7,14,21H,4-5,8-9H2,1H3. The van der Waals surface area contributed by atoms with Crippen LogP contribution in [-0.2, 0) is 6.54 Å². The van der Waals surface area contributed by atoms with Gasteiger partial charge in [-0.3, -0.25) is 4.90 Å². The molecular formula is C15H17ClF2N2O. The predicted octanol–water partition coefficient (Wildman–Crippen LogP) is 3.26. The van der Waals surface area contributed by atoms with Crippen molar-refractivity contribution in [3.8, 4) is 0 Å². The van der Waals surface area contributed by atoms with Crippen LogP contribution in [0.1, 0.15) is 11.1 Å². The third kappa shape index (κ3) is 4.33. The summed E-state index contributed by atoms with van der Waals surface area (Å²) < 4.78 is 25.1. The maximum Gasteiger partial charge on any atom is 0.251 e. The molecule has 0 saturated carbocycles. The lowest BCUT2D eigenvalue weighted by molar-refractivity contribution is 0.0746. The Morgan fingerprint density at radius 3 is 2.76 bits per heavy atom. The summed E-state index contributed by atoms with van der Waals surface area (Å²) in [5.74, 6) is 0. The summed E-state index contributed by atoms with van der Waals surface area (Å²) in [6.07, 6.45) is -2.45. The Hall–Kier alpha value is -1.30. The molecular weight excluding hydrogens is 298 g/mol. The van der Waals surface area contributed by atoms with Gasteiger partial charge in [0, 0.05) is 24.0 Å². The molecule has 1 heterocycles. The largest absolute Gasteiger partial charge is 0.395 e. The Bertz CT molecular complexity index is 622. The number of aliphatic hydroxyl groups excluding tert-OH is 1. The van der Waals surface area contributed by atoms with Gasteiger partial charge < -0.3 is 5.11 Å². The fourth-order valence-electron chi connectivity index (χ4n) is 2.22. The summed E-state index contributed by atoms with van der Waals surface area (Å²) in [5, 5.41) is 10.2. The Labute approximate surface area is 127 Å². The smallest absolute Gasteiger partial charge is 0.251 e. The summed E-state index contributed by atoms with van der Waals surface area (Å²) in [5.41, 5.74) is 2.55. The SMILES string of the molecule is Cc1ccc2cc(CN(CCO)CC(F)F)c(Cl)nc2c1. The van der Waals surface area contributed by atoms with Crippen molar-refractivity contribution in [1.29, 1.82) is 0 Å². The molecule has 1 N–H and O–H groups in total. The van der Waals surface area contributed by atoms with E-state index >= 15 is 0 Å². The second-order valence-electron chi connectivity index (χ2n) is 4.98. The third-order valence-corrected chi connectivity index (χ3v) is 3.53. The zero-order valence-corrected chi connectivity index (χ0v) is 12.4. The van der Waals surface area contributed by atoms with E-state index in [0.29, 0.717) is 10.7 Å². The average Bonchev–Trinajstić information content (AvgIpc) is 2.39. The van der Waals surface area contributed by atoms with E-state index in [9.17, 15) is 8.78 Å². The topological polar surface area (TPSA) is 36.4 Å². The molecule has 0 bridgehead atoms. The van der Waals surface area contributed by atoms with E-state index < -0.39 is 13.0 Å². The van der Waals surface area contributed by atoms with Crippen molar-refractivity contribution >= 4 is 22.5 Å². The molecule has 0 unspecified atom stereocenters. The predicted molar refractivity (Wildman–Crippen MR) is 79.9 cm³/mol. The van der Waals surface area contributed by atoms with Gasteiger partial charge in [-0.25, -0.2) is 13.8 Å². The van der Waals surface area contributed by atoms with Crippen molar-refractivity contribution in [3.05, 3.63) is 40.5 Å². The van der Waals surface area contributed by atoms with Crippen LogP contribution in [0.2, 0.25) is 5.15 Å². The highest BCUT2D eigenvalue weighted by molar-refractivity contribution is 6.30. The maximum atomic E-state index is 12.5. The number of pyridine rings is 1. The number of aliphatic hydroxyl groups is 1. The first-order valence-corrected chi connectivity index (χ1v) is 7.04.